The number of carbonyl (C=O) groups excluding carboxylic acids is 1. The Morgan fingerprint density at radius 2 is 1.36 bits per heavy atom. The Bertz CT molecular complexity index is 1070. The quantitative estimate of drug-likeness (QED) is 0.581. The Morgan fingerprint density at radius 3 is 1.93 bits per heavy atom. The number of fused-ring (bicyclic) bond motifs is 4. The maximum Gasteiger partial charge on any atom is 0.177 e. The third-order valence-corrected chi connectivity index (χ3v) is 5.70. The number of allylic oxidation sites excluding steroid dienone is 1. The summed E-state index contributed by atoms with van der Waals surface area (Å²) in [6, 6.07) is 26.0. The van der Waals surface area contributed by atoms with E-state index in [1.165, 1.54) is 0 Å². The van der Waals surface area contributed by atoms with Crippen LogP contribution < -0.4 is 4.74 Å². The second-order valence-electron chi connectivity index (χ2n) is 7.30. The van der Waals surface area contributed by atoms with Gasteiger partial charge in [-0.2, -0.15) is 0 Å². The number of para-hydroxylation sites is 2. The van der Waals surface area contributed by atoms with Crippen molar-refractivity contribution in [1.82, 2.24) is 0 Å². The molecule has 2 aliphatic heterocycles. The number of carbonyl (C=O) groups is 1. The minimum absolute atomic E-state index is 0.0321. The molecule has 138 valence electrons. The fourth-order valence-electron chi connectivity index (χ4n) is 4.67. The summed E-state index contributed by atoms with van der Waals surface area (Å²) in [6.07, 6.45) is 0. The first-order valence-electron chi connectivity index (χ1n) is 9.45. The molecular weight excluding hydrogens is 348 g/mol. The maximum absolute atomic E-state index is 12.7. The number of rotatable bonds is 2. The van der Waals surface area contributed by atoms with Crippen molar-refractivity contribution in [2.45, 2.75) is 25.4 Å². The molecule has 1 unspecified atom stereocenters. The zero-order chi connectivity index (χ0) is 19.3. The van der Waals surface area contributed by atoms with Crippen LogP contribution in [-0.4, -0.2) is 5.78 Å². The van der Waals surface area contributed by atoms with Crippen LogP contribution in [0.5, 0.6) is 11.5 Å². The minimum Gasteiger partial charge on any atom is -0.481 e. The summed E-state index contributed by atoms with van der Waals surface area (Å²) >= 11 is 0. The first kappa shape index (κ1) is 16.8. The molecule has 28 heavy (non-hydrogen) atoms. The zero-order valence-corrected chi connectivity index (χ0v) is 15.8. The molecule has 1 spiro atoms. The topological polar surface area (TPSA) is 35.5 Å². The normalized spacial score (nSPS) is 18.9. The summed E-state index contributed by atoms with van der Waals surface area (Å²) in [5.41, 5.74) is 2.82. The average molecular weight is 368 g/mol. The van der Waals surface area contributed by atoms with E-state index in [1.807, 2.05) is 73.7 Å². The Labute approximate surface area is 164 Å². The molecule has 0 N–H and O–H groups in total. The van der Waals surface area contributed by atoms with Crippen molar-refractivity contribution >= 4 is 5.78 Å². The van der Waals surface area contributed by atoms with E-state index in [2.05, 4.69) is 12.1 Å². The van der Waals surface area contributed by atoms with Gasteiger partial charge in [-0.3, -0.25) is 4.79 Å². The molecule has 3 heteroatoms. The predicted octanol–water partition coefficient (Wildman–Crippen LogP) is 5.71. The molecule has 2 heterocycles. The van der Waals surface area contributed by atoms with Gasteiger partial charge < -0.3 is 9.47 Å². The van der Waals surface area contributed by atoms with Crippen LogP contribution in [0.4, 0.5) is 0 Å². The van der Waals surface area contributed by atoms with Gasteiger partial charge >= 0.3 is 0 Å². The van der Waals surface area contributed by atoms with Crippen molar-refractivity contribution in [2.75, 3.05) is 0 Å². The van der Waals surface area contributed by atoms with Crippen molar-refractivity contribution in [2.24, 2.45) is 0 Å². The van der Waals surface area contributed by atoms with Gasteiger partial charge in [0.1, 0.15) is 17.3 Å². The molecule has 2 aliphatic rings. The molecule has 0 bridgehead atoms. The van der Waals surface area contributed by atoms with Gasteiger partial charge in [-0.15, -0.1) is 0 Å². The number of ether oxygens (including phenoxy) is 2. The highest BCUT2D eigenvalue weighted by atomic mass is 16.5. The Balaban J connectivity index is 1.87. The van der Waals surface area contributed by atoms with Gasteiger partial charge in [0.25, 0.3) is 0 Å². The molecule has 5 rings (SSSR count). The first-order chi connectivity index (χ1) is 13.6. The Morgan fingerprint density at radius 1 is 0.821 bits per heavy atom. The summed E-state index contributed by atoms with van der Waals surface area (Å²) in [6.45, 7) is 3.51. The fraction of sp³-hybridized carbons (Fsp3) is 0.160. The van der Waals surface area contributed by atoms with Crippen LogP contribution in [0.15, 0.2) is 90.2 Å². The van der Waals surface area contributed by atoms with E-state index in [-0.39, 0.29) is 11.7 Å². The van der Waals surface area contributed by atoms with Crippen LogP contribution >= 0.6 is 0 Å². The van der Waals surface area contributed by atoms with Gasteiger partial charge in [-0.05, 0) is 31.5 Å². The molecule has 0 amide bonds. The summed E-state index contributed by atoms with van der Waals surface area (Å²) in [4.78, 5) is 12.7. The highest BCUT2D eigenvalue weighted by molar-refractivity contribution is 5.96. The lowest BCUT2D eigenvalue weighted by atomic mass is 9.69. The van der Waals surface area contributed by atoms with E-state index in [0.29, 0.717) is 5.76 Å². The molecule has 1 atom stereocenters. The first-order valence-corrected chi connectivity index (χ1v) is 9.45. The average Bonchev–Trinajstić information content (AvgIpc) is 3.03. The van der Waals surface area contributed by atoms with Crippen LogP contribution in [0.1, 0.15) is 36.5 Å². The number of hydrogen-bond donors (Lipinski definition) is 0. The van der Waals surface area contributed by atoms with Crippen molar-refractivity contribution in [3.63, 3.8) is 0 Å². The van der Waals surface area contributed by atoms with Crippen molar-refractivity contribution in [1.29, 1.82) is 0 Å². The molecule has 0 aromatic heterocycles. The van der Waals surface area contributed by atoms with Crippen molar-refractivity contribution in [3.05, 3.63) is 107 Å². The summed E-state index contributed by atoms with van der Waals surface area (Å²) in [7, 11) is 0. The minimum atomic E-state index is -0.835. The van der Waals surface area contributed by atoms with Crippen LogP contribution in [0.3, 0.4) is 0 Å². The lowest BCUT2D eigenvalue weighted by Crippen LogP contribution is -2.37. The third kappa shape index (κ3) is 2.19. The van der Waals surface area contributed by atoms with E-state index in [0.717, 1.165) is 33.8 Å². The van der Waals surface area contributed by atoms with Crippen LogP contribution in [0.2, 0.25) is 0 Å². The second kappa shape index (κ2) is 6.10. The largest absolute Gasteiger partial charge is 0.481 e. The third-order valence-electron chi connectivity index (χ3n) is 5.70. The van der Waals surface area contributed by atoms with Gasteiger partial charge in [-0.25, -0.2) is 0 Å². The lowest BCUT2D eigenvalue weighted by Gasteiger charge is -2.41. The van der Waals surface area contributed by atoms with Crippen molar-refractivity contribution in [3.8, 4) is 11.5 Å². The monoisotopic (exact) mass is 368 g/mol. The van der Waals surface area contributed by atoms with E-state index in [4.69, 9.17) is 9.47 Å². The molecule has 3 aromatic carbocycles. The molecule has 0 saturated carbocycles. The number of hydrogen-bond acceptors (Lipinski definition) is 3. The van der Waals surface area contributed by atoms with Gasteiger partial charge in [-0.1, -0.05) is 66.7 Å². The number of benzene rings is 3. The van der Waals surface area contributed by atoms with E-state index in [9.17, 15) is 4.79 Å². The summed E-state index contributed by atoms with van der Waals surface area (Å²) in [5.74, 6) is 1.98. The van der Waals surface area contributed by atoms with E-state index >= 15 is 0 Å². The standard InChI is InChI=1S/C25H20O3/c1-16(26)23-17(2)28-25(24(23)18-10-4-3-5-11-18)19-12-6-8-14-21(19)27-22-15-9-7-13-20(22)25/h3-15,24H,1-2H3. The molecule has 0 fully saturated rings. The van der Waals surface area contributed by atoms with E-state index < -0.39 is 5.60 Å². The van der Waals surface area contributed by atoms with Gasteiger partial charge in [0.05, 0.1) is 5.92 Å². The van der Waals surface area contributed by atoms with Gasteiger partial charge in [0.15, 0.2) is 11.4 Å². The van der Waals surface area contributed by atoms with Gasteiger partial charge in [0, 0.05) is 16.7 Å². The van der Waals surface area contributed by atoms with Crippen LogP contribution in [0.25, 0.3) is 0 Å². The number of Topliss-reactive ketones (excluding diaryl/α,β-unsaturated/α-hetero) is 1. The molecule has 0 radical (unpaired) electrons. The molecule has 0 saturated heterocycles. The Kier molecular flexibility index (Phi) is 3.66. The predicted molar refractivity (Wildman–Crippen MR) is 107 cm³/mol. The molecule has 3 nitrogen and oxygen atoms in total. The van der Waals surface area contributed by atoms with Gasteiger partial charge in [0.2, 0.25) is 0 Å². The lowest BCUT2D eigenvalue weighted by molar-refractivity contribution is -0.114. The molecular formula is C25H20O3. The zero-order valence-electron chi connectivity index (χ0n) is 15.8. The maximum atomic E-state index is 12.7. The summed E-state index contributed by atoms with van der Waals surface area (Å²) in [5, 5.41) is 0. The van der Waals surface area contributed by atoms with Crippen LogP contribution in [0, 0.1) is 0 Å². The highest BCUT2D eigenvalue weighted by Gasteiger charge is 2.57. The SMILES string of the molecule is CC(=O)C1=C(C)OC2(c3ccccc3Oc3ccccc32)C1c1ccccc1. The van der Waals surface area contributed by atoms with Crippen LogP contribution in [-0.2, 0) is 15.1 Å². The highest BCUT2D eigenvalue weighted by Crippen LogP contribution is 2.61. The fourth-order valence-corrected chi connectivity index (χ4v) is 4.67. The summed E-state index contributed by atoms with van der Waals surface area (Å²) < 4.78 is 12.9. The number of ketones is 1. The Hall–Kier alpha value is -3.33. The second-order valence-corrected chi connectivity index (χ2v) is 7.30. The van der Waals surface area contributed by atoms with E-state index in [1.54, 1.807) is 6.92 Å². The molecule has 3 aromatic rings. The smallest absolute Gasteiger partial charge is 0.177 e. The van der Waals surface area contributed by atoms with Crippen molar-refractivity contribution < 1.29 is 14.3 Å². The molecule has 0 aliphatic carbocycles.